The third-order valence-corrected chi connectivity index (χ3v) is 9.32. The number of rotatable bonds is 8. The molecule has 0 saturated heterocycles. The molecule has 0 saturated carbocycles. The molecule has 2 rings (SSSR count). The molecule has 0 N–H and O–H groups in total. The van der Waals surface area contributed by atoms with Crippen molar-refractivity contribution in [1.82, 2.24) is 0 Å². The zero-order chi connectivity index (χ0) is 18.6. The molecule has 1 atom stereocenters. The van der Waals surface area contributed by atoms with Gasteiger partial charge in [-0.1, -0.05) is 67.6 Å². The van der Waals surface area contributed by atoms with Crippen molar-refractivity contribution < 1.29 is 0 Å². The minimum Gasteiger partial charge on any atom is -0.0775 e. The highest BCUT2D eigenvalue weighted by molar-refractivity contribution is 6.62. The van der Waals surface area contributed by atoms with Gasteiger partial charge in [-0.05, 0) is 81.2 Å². The highest BCUT2D eigenvalue weighted by Crippen LogP contribution is 2.32. The van der Waals surface area contributed by atoms with Crippen LogP contribution in [0.2, 0.25) is 0 Å². The van der Waals surface area contributed by atoms with Gasteiger partial charge in [0.1, 0.15) is 0 Å². The van der Waals surface area contributed by atoms with Crippen LogP contribution < -0.4 is 5.19 Å². The lowest BCUT2D eigenvalue weighted by Gasteiger charge is -2.22. The van der Waals surface area contributed by atoms with Crippen molar-refractivity contribution >= 4 is 14.7 Å². The van der Waals surface area contributed by atoms with Crippen LogP contribution in [0.4, 0.5) is 0 Å². The highest BCUT2D eigenvalue weighted by atomic mass is 28.2. The fraction of sp³-hybridized carbons (Fsp3) is 0.583. The van der Waals surface area contributed by atoms with Gasteiger partial charge in [0, 0.05) is 0 Å². The Kier molecular flexibility index (Phi) is 7.31. The van der Waals surface area contributed by atoms with Crippen molar-refractivity contribution in [1.29, 1.82) is 0 Å². The van der Waals surface area contributed by atoms with Crippen LogP contribution in [0.25, 0.3) is 0 Å². The van der Waals surface area contributed by atoms with Crippen molar-refractivity contribution in [3.63, 3.8) is 0 Å². The summed E-state index contributed by atoms with van der Waals surface area (Å²) in [5.74, 6) is 0.737. The maximum absolute atomic E-state index is 2.53. The quantitative estimate of drug-likeness (QED) is 0.406. The van der Waals surface area contributed by atoms with Gasteiger partial charge < -0.3 is 0 Å². The molecule has 0 amide bonds. The van der Waals surface area contributed by atoms with Crippen LogP contribution in [0.5, 0.6) is 0 Å². The minimum atomic E-state index is -0.384. The van der Waals surface area contributed by atoms with Crippen molar-refractivity contribution in [3.8, 4) is 0 Å². The van der Waals surface area contributed by atoms with Gasteiger partial charge in [0.05, 0.1) is 9.52 Å². The second-order valence-corrected chi connectivity index (χ2v) is 9.86. The molecule has 1 aromatic carbocycles. The van der Waals surface area contributed by atoms with E-state index in [1.165, 1.54) is 55.2 Å². The number of hydrogen-bond acceptors (Lipinski definition) is 0. The summed E-state index contributed by atoms with van der Waals surface area (Å²) in [4.78, 5) is 0. The van der Waals surface area contributed by atoms with Crippen LogP contribution in [0.3, 0.4) is 0 Å². The minimum absolute atomic E-state index is 0.384. The fourth-order valence-electron chi connectivity index (χ4n) is 4.37. The Hall–Kier alpha value is -1.08. The van der Waals surface area contributed by atoms with Crippen LogP contribution in [0.15, 0.2) is 22.9 Å². The lowest BCUT2D eigenvalue weighted by atomic mass is 9.95. The second kappa shape index (κ2) is 9.03. The molecule has 1 unspecified atom stereocenters. The average Bonchev–Trinajstić information content (AvgIpc) is 2.97. The average molecular weight is 355 g/mol. The molecule has 0 nitrogen and oxygen atoms in total. The maximum atomic E-state index is 2.53. The Labute approximate surface area is 158 Å². The van der Waals surface area contributed by atoms with Gasteiger partial charge in [-0.25, -0.2) is 0 Å². The summed E-state index contributed by atoms with van der Waals surface area (Å²) in [7, 11) is -0.384. The molecular formula is C24H38Si. The summed E-state index contributed by atoms with van der Waals surface area (Å²) >= 11 is 0. The van der Waals surface area contributed by atoms with Crippen LogP contribution in [0.1, 0.15) is 80.2 Å². The zero-order valence-electron chi connectivity index (χ0n) is 17.7. The molecule has 1 aromatic rings. The lowest BCUT2D eigenvalue weighted by molar-refractivity contribution is 0.607. The van der Waals surface area contributed by atoms with Crippen LogP contribution >= 0.6 is 0 Å². The normalized spacial score (nSPS) is 17.5. The summed E-state index contributed by atoms with van der Waals surface area (Å²) in [5.41, 5.74) is 9.39. The molecule has 0 fully saturated rings. The van der Waals surface area contributed by atoms with Crippen LogP contribution in [0, 0.1) is 40.5 Å². The smallest absolute Gasteiger partial charge is 0.0775 e. The summed E-state index contributed by atoms with van der Waals surface area (Å²) in [6.07, 6.45) is 13.0. The summed E-state index contributed by atoms with van der Waals surface area (Å²) < 4.78 is 0. The van der Waals surface area contributed by atoms with Gasteiger partial charge in [-0.3, -0.25) is 0 Å². The predicted octanol–water partition coefficient (Wildman–Crippen LogP) is 5.84. The Balaban J connectivity index is 2.36. The Morgan fingerprint density at radius 1 is 0.800 bits per heavy atom. The molecule has 0 heterocycles. The summed E-state index contributed by atoms with van der Waals surface area (Å²) in [5, 5.41) is 3.58. The third kappa shape index (κ3) is 4.37. The van der Waals surface area contributed by atoms with Gasteiger partial charge in [-0.2, -0.15) is 0 Å². The molecule has 138 valence electrons. The molecule has 25 heavy (non-hydrogen) atoms. The van der Waals surface area contributed by atoms with E-state index in [-0.39, 0.29) is 9.52 Å². The van der Waals surface area contributed by atoms with Crippen molar-refractivity contribution in [2.45, 2.75) is 87.0 Å². The van der Waals surface area contributed by atoms with E-state index in [1.54, 1.807) is 21.9 Å². The lowest BCUT2D eigenvalue weighted by Crippen LogP contribution is -2.28. The van der Waals surface area contributed by atoms with E-state index < -0.39 is 0 Å². The van der Waals surface area contributed by atoms with Crippen molar-refractivity contribution in [2.24, 2.45) is 5.92 Å². The topological polar surface area (TPSA) is 0 Å². The zero-order valence-corrected chi connectivity index (χ0v) is 19.1. The summed E-state index contributed by atoms with van der Waals surface area (Å²) in [6.45, 7) is 16.3. The van der Waals surface area contributed by atoms with E-state index in [0.717, 1.165) is 5.92 Å². The summed E-state index contributed by atoms with van der Waals surface area (Å²) in [6, 6.07) is 0. The Bertz CT molecular complexity index is 647. The molecule has 0 aromatic heterocycles. The predicted molar refractivity (Wildman–Crippen MR) is 117 cm³/mol. The monoisotopic (exact) mass is 354 g/mol. The standard InChI is InChI=1S/C24H38Si/c1-8-10-11-13-22-15-14-21(12-9-2)24(22)25-23-19(6)17(4)16(3)18(5)20(23)7/h14-15,22H,8-13,25H2,1-7H3. The Morgan fingerprint density at radius 2 is 1.40 bits per heavy atom. The maximum Gasteiger partial charge on any atom is 0.0842 e. The van der Waals surface area contributed by atoms with E-state index in [1.807, 2.05) is 5.20 Å². The number of benzene rings is 1. The molecular weight excluding hydrogens is 316 g/mol. The SMILES string of the molecule is CCCCCC1C=CC(CCC)=C1[SiH2]c1c(C)c(C)c(C)c(C)c1C. The molecule has 1 aliphatic rings. The first-order valence-corrected chi connectivity index (χ1v) is 11.8. The number of unbranched alkanes of at least 4 members (excludes halogenated alkanes) is 2. The first kappa shape index (κ1) is 20.2. The van der Waals surface area contributed by atoms with Crippen LogP contribution in [-0.2, 0) is 0 Å². The first-order chi connectivity index (χ1) is 11.9. The van der Waals surface area contributed by atoms with Crippen molar-refractivity contribution in [2.75, 3.05) is 0 Å². The first-order valence-electron chi connectivity index (χ1n) is 10.4. The number of hydrogen-bond donors (Lipinski definition) is 0. The van der Waals surface area contributed by atoms with Gasteiger partial charge in [0.2, 0.25) is 0 Å². The second-order valence-electron chi connectivity index (χ2n) is 8.04. The van der Waals surface area contributed by atoms with Gasteiger partial charge in [-0.15, -0.1) is 0 Å². The van der Waals surface area contributed by atoms with Gasteiger partial charge in [0.15, 0.2) is 0 Å². The molecule has 0 bridgehead atoms. The van der Waals surface area contributed by atoms with E-state index in [2.05, 4.69) is 60.6 Å². The van der Waals surface area contributed by atoms with Gasteiger partial charge in [0.25, 0.3) is 0 Å². The van der Waals surface area contributed by atoms with E-state index >= 15 is 0 Å². The molecule has 0 spiro atoms. The van der Waals surface area contributed by atoms with E-state index in [4.69, 9.17) is 0 Å². The molecule has 1 heteroatoms. The largest absolute Gasteiger partial charge is 0.0842 e. The van der Waals surface area contributed by atoms with E-state index in [0.29, 0.717) is 0 Å². The fourth-order valence-corrected chi connectivity index (χ4v) is 6.94. The Morgan fingerprint density at radius 3 is 1.96 bits per heavy atom. The van der Waals surface area contributed by atoms with Crippen LogP contribution in [-0.4, -0.2) is 9.52 Å². The molecule has 0 radical (unpaired) electrons. The number of allylic oxidation sites excluding steroid dienone is 4. The third-order valence-electron chi connectivity index (χ3n) is 6.55. The van der Waals surface area contributed by atoms with Crippen molar-refractivity contribution in [3.05, 3.63) is 50.7 Å². The molecule has 1 aliphatic carbocycles. The van der Waals surface area contributed by atoms with E-state index in [9.17, 15) is 0 Å². The highest BCUT2D eigenvalue weighted by Gasteiger charge is 2.23. The molecule has 0 aliphatic heterocycles. The van der Waals surface area contributed by atoms with Gasteiger partial charge >= 0.3 is 0 Å².